The van der Waals surface area contributed by atoms with E-state index in [1.54, 1.807) is 5.57 Å². The summed E-state index contributed by atoms with van der Waals surface area (Å²) >= 11 is 0. The second kappa shape index (κ2) is 7.83. The smallest absolute Gasteiger partial charge is 0.192 e. The van der Waals surface area contributed by atoms with Crippen molar-refractivity contribution in [3.8, 4) is 0 Å². The highest BCUT2D eigenvalue weighted by Crippen LogP contribution is 2.66. The van der Waals surface area contributed by atoms with Crippen molar-refractivity contribution < 1.29 is 9.22 Å². The molecule has 0 N–H and O–H groups in total. The highest BCUT2D eigenvalue weighted by molar-refractivity contribution is 6.74. The lowest BCUT2D eigenvalue weighted by molar-refractivity contribution is -0.133. The molecule has 176 valence electrons. The van der Waals surface area contributed by atoms with Crippen LogP contribution in [-0.4, -0.2) is 20.2 Å². The van der Waals surface area contributed by atoms with Crippen molar-refractivity contribution in [2.75, 3.05) is 0 Å². The molecule has 3 saturated carbocycles. The summed E-state index contributed by atoms with van der Waals surface area (Å²) < 4.78 is 6.92. The lowest BCUT2D eigenvalue weighted by Gasteiger charge is -2.59. The first-order valence-corrected chi connectivity index (χ1v) is 16.2. The molecule has 31 heavy (non-hydrogen) atoms. The summed E-state index contributed by atoms with van der Waals surface area (Å²) in [5.74, 6) is 3.34. The standard InChI is InChI=1S/C28H48O2Si/c1-9-10-19-17-20-18-21(30-31(7,8)26(2,3)4)13-15-27(20,5)23-14-16-28(6)22(25(19)23)11-12-24(28)29/h17,19,21-23,25H,9-16,18H2,1-8H3/t19-,21+,22+,23+,25+,27+,28+/m1/s1. The number of rotatable bonds is 4. The zero-order valence-electron chi connectivity index (χ0n) is 21.6. The highest BCUT2D eigenvalue weighted by atomic mass is 28.4. The number of fused-ring (bicyclic) bond motifs is 5. The Morgan fingerprint density at radius 3 is 2.35 bits per heavy atom. The first-order valence-electron chi connectivity index (χ1n) is 13.3. The third-order valence-electron chi connectivity index (χ3n) is 10.8. The number of allylic oxidation sites excluding steroid dienone is 1. The molecule has 0 aliphatic heterocycles. The van der Waals surface area contributed by atoms with E-state index in [2.05, 4.69) is 60.7 Å². The molecule has 4 rings (SSSR count). The first kappa shape index (κ1) is 23.7. The van der Waals surface area contributed by atoms with Gasteiger partial charge in [0.1, 0.15) is 5.78 Å². The van der Waals surface area contributed by atoms with Crippen LogP contribution in [0.25, 0.3) is 0 Å². The van der Waals surface area contributed by atoms with Crippen molar-refractivity contribution in [1.29, 1.82) is 0 Å². The maximum absolute atomic E-state index is 12.9. The van der Waals surface area contributed by atoms with Crippen molar-refractivity contribution >= 4 is 14.1 Å². The van der Waals surface area contributed by atoms with Gasteiger partial charge in [-0.05, 0) is 92.2 Å². The first-order chi connectivity index (χ1) is 14.3. The molecule has 4 aliphatic rings. The van der Waals surface area contributed by atoms with Crippen LogP contribution in [0.4, 0.5) is 0 Å². The second-order valence-electron chi connectivity index (χ2n) is 13.5. The molecule has 0 radical (unpaired) electrons. The summed E-state index contributed by atoms with van der Waals surface area (Å²) in [5, 5.41) is 0.271. The van der Waals surface area contributed by atoms with E-state index in [9.17, 15) is 4.79 Å². The summed E-state index contributed by atoms with van der Waals surface area (Å²) in [6.07, 6.45) is 13.7. The largest absolute Gasteiger partial charge is 0.414 e. The second-order valence-corrected chi connectivity index (χ2v) is 18.3. The normalized spacial score (nSPS) is 43.2. The molecule has 0 bridgehead atoms. The van der Waals surface area contributed by atoms with Crippen molar-refractivity contribution in [1.82, 2.24) is 0 Å². The number of carbonyl (C=O) groups is 1. The van der Waals surface area contributed by atoms with Crippen molar-refractivity contribution in [3.63, 3.8) is 0 Å². The van der Waals surface area contributed by atoms with E-state index in [4.69, 9.17) is 4.43 Å². The van der Waals surface area contributed by atoms with Crippen LogP contribution in [0.3, 0.4) is 0 Å². The molecule has 0 saturated heterocycles. The number of carbonyl (C=O) groups excluding carboxylic acids is 1. The van der Waals surface area contributed by atoms with Gasteiger partial charge in [0, 0.05) is 17.9 Å². The van der Waals surface area contributed by atoms with Crippen LogP contribution in [0, 0.1) is 34.5 Å². The monoisotopic (exact) mass is 444 g/mol. The zero-order chi connectivity index (χ0) is 22.8. The predicted octanol–water partition coefficient (Wildman–Crippen LogP) is 7.93. The van der Waals surface area contributed by atoms with Gasteiger partial charge in [-0.25, -0.2) is 0 Å². The van der Waals surface area contributed by atoms with E-state index in [1.807, 2.05) is 0 Å². The Morgan fingerprint density at radius 1 is 1.06 bits per heavy atom. The van der Waals surface area contributed by atoms with Gasteiger partial charge in [-0.15, -0.1) is 0 Å². The van der Waals surface area contributed by atoms with Crippen molar-refractivity contribution in [2.45, 2.75) is 124 Å². The topological polar surface area (TPSA) is 26.3 Å². The molecular weight excluding hydrogens is 396 g/mol. The van der Waals surface area contributed by atoms with E-state index in [0.29, 0.717) is 29.1 Å². The Balaban J connectivity index is 1.63. The molecule has 3 fully saturated rings. The van der Waals surface area contributed by atoms with Crippen LogP contribution in [0.2, 0.25) is 18.1 Å². The summed E-state index contributed by atoms with van der Waals surface area (Å²) in [4.78, 5) is 12.9. The average Bonchev–Trinajstić information content (AvgIpc) is 2.97. The minimum atomic E-state index is -1.74. The Hall–Kier alpha value is -0.413. The fourth-order valence-electron chi connectivity index (χ4n) is 7.86. The van der Waals surface area contributed by atoms with E-state index in [1.165, 1.54) is 32.1 Å². The molecule has 7 atom stereocenters. The molecule has 3 heteroatoms. The third kappa shape index (κ3) is 3.74. The van der Waals surface area contributed by atoms with Crippen molar-refractivity contribution in [2.24, 2.45) is 34.5 Å². The highest BCUT2D eigenvalue weighted by Gasteiger charge is 2.60. The Kier molecular flexibility index (Phi) is 5.99. The number of ketones is 1. The molecule has 0 heterocycles. The lowest BCUT2D eigenvalue weighted by atomic mass is 9.45. The van der Waals surface area contributed by atoms with Gasteiger partial charge in [0.2, 0.25) is 0 Å². The van der Waals surface area contributed by atoms with Crippen LogP contribution in [0.5, 0.6) is 0 Å². The minimum absolute atomic E-state index is 0.0303. The molecule has 0 amide bonds. The van der Waals surface area contributed by atoms with E-state index < -0.39 is 8.32 Å². The van der Waals surface area contributed by atoms with Gasteiger partial charge >= 0.3 is 0 Å². The van der Waals surface area contributed by atoms with Crippen LogP contribution in [-0.2, 0) is 9.22 Å². The Labute approximate surface area is 193 Å². The quantitative estimate of drug-likeness (QED) is 0.325. The molecule has 0 spiro atoms. The van der Waals surface area contributed by atoms with E-state index >= 15 is 0 Å². The maximum Gasteiger partial charge on any atom is 0.192 e. The minimum Gasteiger partial charge on any atom is -0.414 e. The average molecular weight is 445 g/mol. The predicted molar refractivity (Wildman–Crippen MR) is 133 cm³/mol. The third-order valence-corrected chi connectivity index (χ3v) is 15.4. The fraction of sp³-hybridized carbons (Fsp3) is 0.893. The molecule has 0 unspecified atom stereocenters. The molecule has 0 aromatic carbocycles. The van der Waals surface area contributed by atoms with E-state index in [0.717, 1.165) is 37.5 Å². The van der Waals surface area contributed by atoms with Crippen LogP contribution >= 0.6 is 0 Å². The Bertz CT molecular complexity index is 747. The van der Waals surface area contributed by atoms with Gasteiger partial charge < -0.3 is 4.43 Å². The SMILES string of the molecule is CCC[C@@H]1C=C2C[C@@H](O[Si](C)(C)C(C)(C)C)CC[C@]2(C)[C@H]2CC[C@]3(C)C(=O)CC[C@H]3[C@H]12. The molecule has 2 nitrogen and oxygen atoms in total. The van der Waals surface area contributed by atoms with Crippen LogP contribution in [0.15, 0.2) is 11.6 Å². The zero-order valence-corrected chi connectivity index (χ0v) is 22.6. The van der Waals surface area contributed by atoms with Gasteiger partial charge in [-0.2, -0.15) is 0 Å². The van der Waals surface area contributed by atoms with E-state index in [-0.39, 0.29) is 10.5 Å². The van der Waals surface area contributed by atoms with Gasteiger partial charge in [0.15, 0.2) is 8.32 Å². The van der Waals surface area contributed by atoms with Gasteiger partial charge in [-0.3, -0.25) is 4.79 Å². The molecule has 4 aliphatic carbocycles. The molecule has 0 aromatic rings. The number of hydrogen-bond acceptors (Lipinski definition) is 2. The van der Waals surface area contributed by atoms with Gasteiger partial charge in [-0.1, -0.05) is 59.6 Å². The van der Waals surface area contributed by atoms with Crippen LogP contribution < -0.4 is 0 Å². The summed E-state index contributed by atoms with van der Waals surface area (Å²) in [6.45, 7) is 19.1. The fourth-order valence-corrected chi connectivity index (χ4v) is 9.25. The molecular formula is C28H48O2Si. The lowest BCUT2D eigenvalue weighted by Crippen LogP contribution is -2.54. The molecule has 0 aromatic heterocycles. The number of Topliss-reactive ketones (excluding diaryl/α,β-unsaturated/α-hetero) is 1. The summed E-state index contributed by atoms with van der Waals surface area (Å²) in [5.41, 5.74) is 2.02. The summed E-state index contributed by atoms with van der Waals surface area (Å²) in [6, 6.07) is 0. The van der Waals surface area contributed by atoms with Crippen LogP contribution in [0.1, 0.15) is 99.3 Å². The summed E-state index contributed by atoms with van der Waals surface area (Å²) in [7, 11) is -1.74. The van der Waals surface area contributed by atoms with Gasteiger partial charge in [0.25, 0.3) is 0 Å². The Morgan fingerprint density at radius 2 is 1.71 bits per heavy atom. The number of hydrogen-bond donors (Lipinski definition) is 0. The maximum atomic E-state index is 12.9. The van der Waals surface area contributed by atoms with Crippen molar-refractivity contribution in [3.05, 3.63) is 11.6 Å². The van der Waals surface area contributed by atoms with Gasteiger partial charge in [0.05, 0.1) is 0 Å².